The van der Waals surface area contributed by atoms with E-state index in [1.165, 1.54) is 30.1 Å². The molecule has 0 heterocycles. The number of hydrogen-bond acceptors (Lipinski definition) is 4. The minimum Gasteiger partial charge on any atom is -0.357 e. The Balaban J connectivity index is 2.07. The molecular formula is C26H26Cl3N3O4S. The Kier molecular flexibility index (Phi) is 9.84. The first-order valence-electron chi connectivity index (χ1n) is 11.2. The Bertz CT molecular complexity index is 1370. The van der Waals surface area contributed by atoms with Crippen molar-refractivity contribution < 1.29 is 18.0 Å². The summed E-state index contributed by atoms with van der Waals surface area (Å²) in [4.78, 5) is 28.3. The second kappa shape index (κ2) is 12.6. The molecule has 3 aromatic carbocycles. The first-order valence-corrected chi connectivity index (χ1v) is 14.2. The minimum absolute atomic E-state index is 0.0235. The molecule has 0 saturated carbocycles. The number of halogens is 3. The van der Waals surface area contributed by atoms with Crippen LogP contribution in [-0.4, -0.2) is 51.0 Å². The Morgan fingerprint density at radius 1 is 0.919 bits per heavy atom. The lowest BCUT2D eigenvalue weighted by Crippen LogP contribution is -2.53. The number of rotatable bonds is 10. The maximum Gasteiger partial charge on any atom is 0.244 e. The maximum atomic E-state index is 13.9. The topological polar surface area (TPSA) is 86.8 Å². The third kappa shape index (κ3) is 7.61. The number of amides is 2. The molecule has 2 amide bonds. The predicted molar refractivity (Wildman–Crippen MR) is 149 cm³/mol. The fraction of sp³-hybridized carbons (Fsp3) is 0.231. The van der Waals surface area contributed by atoms with Gasteiger partial charge in [0.25, 0.3) is 0 Å². The van der Waals surface area contributed by atoms with E-state index in [1.54, 1.807) is 24.3 Å². The number of sulfonamides is 1. The maximum absolute atomic E-state index is 13.9. The number of benzene rings is 3. The van der Waals surface area contributed by atoms with Gasteiger partial charge < -0.3 is 10.2 Å². The predicted octanol–water partition coefficient (Wildman–Crippen LogP) is 4.80. The van der Waals surface area contributed by atoms with Crippen molar-refractivity contribution in [2.45, 2.75) is 19.0 Å². The minimum atomic E-state index is -3.96. The molecule has 0 spiro atoms. The molecule has 1 N–H and O–H groups in total. The molecule has 7 nitrogen and oxygen atoms in total. The number of nitrogens with zero attached hydrogens (tertiary/aromatic N) is 2. The van der Waals surface area contributed by atoms with Gasteiger partial charge in [-0.3, -0.25) is 13.9 Å². The third-order valence-electron chi connectivity index (χ3n) is 5.67. The summed E-state index contributed by atoms with van der Waals surface area (Å²) in [5, 5.41) is 3.38. The van der Waals surface area contributed by atoms with Crippen molar-refractivity contribution in [1.29, 1.82) is 0 Å². The van der Waals surface area contributed by atoms with E-state index in [1.807, 2.05) is 30.3 Å². The van der Waals surface area contributed by atoms with Crippen molar-refractivity contribution in [3.8, 4) is 0 Å². The van der Waals surface area contributed by atoms with Gasteiger partial charge in [-0.2, -0.15) is 0 Å². The molecule has 196 valence electrons. The molecule has 3 aromatic rings. The molecule has 0 fully saturated rings. The van der Waals surface area contributed by atoms with Crippen LogP contribution in [0.2, 0.25) is 15.1 Å². The molecule has 0 unspecified atom stereocenters. The SMILES string of the molecule is CNC(=O)[C@H](Cc1ccccc1)N(Cc1ccccc1Cl)C(=O)CN(c1cc(Cl)ccc1Cl)S(C)(=O)=O. The van der Waals surface area contributed by atoms with Gasteiger partial charge in [-0.05, 0) is 35.4 Å². The van der Waals surface area contributed by atoms with Crippen molar-refractivity contribution in [1.82, 2.24) is 10.2 Å². The number of carbonyl (C=O) groups excluding carboxylic acids is 2. The number of hydrogen-bond donors (Lipinski definition) is 1. The van der Waals surface area contributed by atoms with Crippen LogP contribution in [0.1, 0.15) is 11.1 Å². The number of likely N-dealkylation sites (N-methyl/N-ethyl adjacent to an activating group) is 1. The van der Waals surface area contributed by atoms with E-state index in [2.05, 4.69) is 5.32 Å². The van der Waals surface area contributed by atoms with Crippen molar-refractivity contribution in [2.75, 3.05) is 24.2 Å². The third-order valence-corrected chi connectivity index (χ3v) is 7.72. The highest BCUT2D eigenvalue weighted by Gasteiger charge is 2.33. The van der Waals surface area contributed by atoms with Gasteiger partial charge in [0, 0.05) is 30.1 Å². The Morgan fingerprint density at radius 2 is 1.57 bits per heavy atom. The van der Waals surface area contributed by atoms with E-state index in [4.69, 9.17) is 34.8 Å². The highest BCUT2D eigenvalue weighted by Crippen LogP contribution is 2.31. The zero-order chi connectivity index (χ0) is 27.2. The van der Waals surface area contributed by atoms with Crippen LogP contribution in [0, 0.1) is 0 Å². The van der Waals surface area contributed by atoms with Crippen LogP contribution in [0.25, 0.3) is 0 Å². The van der Waals surface area contributed by atoms with Crippen LogP contribution in [0.5, 0.6) is 0 Å². The van der Waals surface area contributed by atoms with Gasteiger partial charge in [0.05, 0.1) is 17.0 Å². The summed E-state index contributed by atoms with van der Waals surface area (Å²) in [6.45, 7) is -0.629. The van der Waals surface area contributed by atoms with Crippen LogP contribution in [0.4, 0.5) is 5.69 Å². The molecule has 11 heteroatoms. The molecule has 37 heavy (non-hydrogen) atoms. The molecule has 0 bridgehead atoms. The van der Waals surface area contributed by atoms with E-state index in [9.17, 15) is 18.0 Å². The van der Waals surface area contributed by atoms with Gasteiger partial charge in [-0.25, -0.2) is 8.42 Å². The van der Waals surface area contributed by atoms with Gasteiger partial charge >= 0.3 is 0 Å². The summed E-state index contributed by atoms with van der Waals surface area (Å²) < 4.78 is 26.4. The first-order chi connectivity index (χ1) is 17.5. The van der Waals surface area contributed by atoms with Gasteiger partial charge in [-0.1, -0.05) is 83.3 Å². The average molecular weight is 583 g/mol. The molecule has 0 aliphatic carbocycles. The highest BCUT2D eigenvalue weighted by atomic mass is 35.5. The summed E-state index contributed by atoms with van der Waals surface area (Å²) in [5.74, 6) is -1.03. The average Bonchev–Trinajstić information content (AvgIpc) is 2.86. The van der Waals surface area contributed by atoms with Gasteiger partial charge in [0.2, 0.25) is 21.8 Å². The lowest BCUT2D eigenvalue weighted by molar-refractivity contribution is -0.139. The Hall–Kier alpha value is -2.78. The van der Waals surface area contributed by atoms with Crippen LogP contribution < -0.4 is 9.62 Å². The van der Waals surface area contributed by atoms with E-state index in [0.717, 1.165) is 16.1 Å². The van der Waals surface area contributed by atoms with Crippen molar-refractivity contribution in [2.24, 2.45) is 0 Å². The molecule has 3 rings (SSSR count). The highest BCUT2D eigenvalue weighted by molar-refractivity contribution is 7.92. The molecule has 0 aromatic heterocycles. The number of carbonyl (C=O) groups is 2. The normalized spacial score (nSPS) is 12.0. The largest absolute Gasteiger partial charge is 0.357 e. The van der Waals surface area contributed by atoms with Crippen molar-refractivity contribution in [3.63, 3.8) is 0 Å². The first kappa shape index (κ1) is 28.8. The zero-order valence-electron chi connectivity index (χ0n) is 20.2. The quantitative estimate of drug-likeness (QED) is 0.372. The van der Waals surface area contributed by atoms with Crippen molar-refractivity contribution >= 4 is 62.3 Å². The van der Waals surface area contributed by atoms with Gasteiger partial charge in [-0.15, -0.1) is 0 Å². The number of nitrogens with one attached hydrogen (secondary N) is 1. The lowest BCUT2D eigenvalue weighted by atomic mass is 10.0. The Labute approximate surface area is 232 Å². The standard InChI is InChI=1S/C26H26Cl3N3O4S/c1-30-26(34)24(14-18-8-4-3-5-9-18)31(16-19-10-6-7-11-21(19)28)25(33)17-32(37(2,35)36)23-15-20(27)12-13-22(23)29/h3-13,15,24H,14,16-17H2,1-2H3,(H,30,34)/t24-/m0/s1. The smallest absolute Gasteiger partial charge is 0.244 e. The van der Waals surface area contributed by atoms with Crippen LogP contribution in [0.3, 0.4) is 0 Å². The summed E-state index contributed by atoms with van der Waals surface area (Å²) in [6, 6.07) is 19.6. The molecule has 1 atom stereocenters. The molecular weight excluding hydrogens is 557 g/mol. The van der Waals surface area contributed by atoms with Gasteiger partial charge in [0.1, 0.15) is 12.6 Å². The summed E-state index contributed by atoms with van der Waals surface area (Å²) in [6.07, 6.45) is 1.17. The zero-order valence-corrected chi connectivity index (χ0v) is 23.3. The molecule has 0 radical (unpaired) electrons. The fourth-order valence-electron chi connectivity index (χ4n) is 3.80. The van der Waals surface area contributed by atoms with Crippen molar-refractivity contribution in [3.05, 3.63) is 99.0 Å². The van der Waals surface area contributed by atoms with E-state index >= 15 is 0 Å². The lowest BCUT2D eigenvalue weighted by Gasteiger charge is -2.33. The summed E-state index contributed by atoms with van der Waals surface area (Å²) >= 11 is 18.8. The summed E-state index contributed by atoms with van der Waals surface area (Å²) in [7, 11) is -2.48. The van der Waals surface area contributed by atoms with Crippen LogP contribution in [0.15, 0.2) is 72.8 Å². The van der Waals surface area contributed by atoms with Crippen LogP contribution >= 0.6 is 34.8 Å². The van der Waals surface area contributed by atoms with Crippen LogP contribution in [-0.2, 0) is 32.6 Å². The molecule has 0 aliphatic heterocycles. The summed E-state index contributed by atoms with van der Waals surface area (Å²) in [5.41, 5.74) is 1.49. The van der Waals surface area contributed by atoms with E-state index in [0.29, 0.717) is 10.6 Å². The Morgan fingerprint density at radius 3 is 2.19 bits per heavy atom. The van der Waals surface area contributed by atoms with Gasteiger partial charge in [0.15, 0.2) is 0 Å². The molecule has 0 aliphatic rings. The fourth-order valence-corrected chi connectivity index (χ4v) is 5.29. The molecule has 0 saturated heterocycles. The van der Waals surface area contributed by atoms with E-state index < -0.39 is 34.4 Å². The second-order valence-corrected chi connectivity index (χ2v) is 11.5. The monoisotopic (exact) mass is 581 g/mol. The van der Waals surface area contributed by atoms with E-state index in [-0.39, 0.29) is 28.7 Å². The second-order valence-electron chi connectivity index (χ2n) is 8.30. The number of anilines is 1.